The predicted molar refractivity (Wildman–Crippen MR) is 70.2 cm³/mol. The number of hydrogen-bond acceptors (Lipinski definition) is 3. The molecular formula is C13H14N2OS. The number of nitrogens with zero attached hydrogens (tertiary/aromatic N) is 1. The number of aromatic nitrogens is 1. The van der Waals surface area contributed by atoms with Gasteiger partial charge in [0.25, 0.3) is 5.91 Å². The van der Waals surface area contributed by atoms with E-state index in [1.54, 1.807) is 6.20 Å². The largest absolute Gasteiger partial charge is 0.348 e. The molecule has 0 aliphatic carbocycles. The third-order valence-electron chi connectivity index (χ3n) is 2.18. The zero-order chi connectivity index (χ0) is 12.3. The van der Waals surface area contributed by atoms with Crippen molar-refractivity contribution in [3.8, 4) is 10.4 Å². The van der Waals surface area contributed by atoms with Crippen LogP contribution in [0.15, 0.2) is 36.5 Å². The molecule has 1 amide bonds. The highest BCUT2D eigenvalue weighted by molar-refractivity contribution is 7.16. The van der Waals surface area contributed by atoms with Crippen molar-refractivity contribution < 1.29 is 4.79 Å². The van der Waals surface area contributed by atoms with E-state index in [0.29, 0.717) is 5.01 Å². The number of nitrogens with one attached hydrogen (secondary N) is 1. The first kappa shape index (κ1) is 11.8. The zero-order valence-electron chi connectivity index (χ0n) is 9.81. The van der Waals surface area contributed by atoms with Crippen molar-refractivity contribution in [2.45, 2.75) is 19.9 Å². The molecule has 3 nitrogen and oxygen atoms in total. The van der Waals surface area contributed by atoms with Gasteiger partial charge < -0.3 is 5.32 Å². The molecule has 0 aliphatic heterocycles. The third kappa shape index (κ3) is 2.91. The van der Waals surface area contributed by atoms with E-state index in [1.165, 1.54) is 11.3 Å². The van der Waals surface area contributed by atoms with Gasteiger partial charge >= 0.3 is 0 Å². The first-order valence-corrected chi connectivity index (χ1v) is 6.30. The van der Waals surface area contributed by atoms with E-state index >= 15 is 0 Å². The molecule has 0 bridgehead atoms. The van der Waals surface area contributed by atoms with Crippen molar-refractivity contribution in [2.24, 2.45) is 0 Å². The van der Waals surface area contributed by atoms with Crippen LogP contribution in [-0.4, -0.2) is 16.9 Å². The minimum Gasteiger partial charge on any atom is -0.348 e. The van der Waals surface area contributed by atoms with Crippen molar-refractivity contribution in [1.29, 1.82) is 0 Å². The molecule has 1 aromatic carbocycles. The number of thiazole rings is 1. The second kappa shape index (κ2) is 5.10. The molecule has 0 aliphatic rings. The van der Waals surface area contributed by atoms with E-state index in [1.807, 2.05) is 44.2 Å². The summed E-state index contributed by atoms with van der Waals surface area (Å²) < 4.78 is 0. The maximum atomic E-state index is 11.7. The van der Waals surface area contributed by atoms with Gasteiger partial charge in [-0.25, -0.2) is 4.98 Å². The molecular weight excluding hydrogens is 232 g/mol. The molecule has 0 fully saturated rings. The summed E-state index contributed by atoms with van der Waals surface area (Å²) in [7, 11) is 0. The number of rotatable bonds is 3. The molecule has 1 heterocycles. The quantitative estimate of drug-likeness (QED) is 0.904. The maximum absolute atomic E-state index is 11.7. The van der Waals surface area contributed by atoms with E-state index in [-0.39, 0.29) is 11.9 Å². The summed E-state index contributed by atoms with van der Waals surface area (Å²) in [5, 5.41) is 3.34. The van der Waals surface area contributed by atoms with Crippen LogP contribution in [0.5, 0.6) is 0 Å². The second-order valence-corrected chi connectivity index (χ2v) is 5.05. The summed E-state index contributed by atoms with van der Waals surface area (Å²) in [4.78, 5) is 16.9. The van der Waals surface area contributed by atoms with Gasteiger partial charge in [0.1, 0.15) is 0 Å². The van der Waals surface area contributed by atoms with Crippen LogP contribution in [0.3, 0.4) is 0 Å². The molecule has 88 valence electrons. The first-order valence-electron chi connectivity index (χ1n) is 5.49. The topological polar surface area (TPSA) is 42.0 Å². The summed E-state index contributed by atoms with van der Waals surface area (Å²) in [5.41, 5.74) is 1.09. The van der Waals surface area contributed by atoms with Gasteiger partial charge in [0.2, 0.25) is 0 Å². The standard InChI is InChI=1S/C13H14N2OS/c1-9(2)15-12(16)13-14-8-11(17-13)10-6-4-3-5-7-10/h3-9H,1-2H3,(H,15,16). The normalized spacial score (nSPS) is 10.5. The van der Waals surface area contributed by atoms with Gasteiger partial charge in [0.05, 0.1) is 4.88 Å². The average molecular weight is 246 g/mol. The lowest BCUT2D eigenvalue weighted by molar-refractivity contribution is 0.0943. The van der Waals surface area contributed by atoms with Crippen molar-refractivity contribution in [1.82, 2.24) is 10.3 Å². The van der Waals surface area contributed by atoms with Crippen LogP contribution in [0, 0.1) is 0 Å². The van der Waals surface area contributed by atoms with E-state index in [2.05, 4.69) is 10.3 Å². The Morgan fingerprint density at radius 3 is 2.65 bits per heavy atom. The lowest BCUT2D eigenvalue weighted by Gasteiger charge is -2.04. The molecule has 4 heteroatoms. The van der Waals surface area contributed by atoms with E-state index in [0.717, 1.165) is 10.4 Å². The van der Waals surface area contributed by atoms with Gasteiger partial charge in [-0.2, -0.15) is 0 Å². The summed E-state index contributed by atoms with van der Waals surface area (Å²) >= 11 is 1.41. The Bertz CT molecular complexity index is 505. The molecule has 0 radical (unpaired) electrons. The molecule has 2 aromatic rings. The van der Waals surface area contributed by atoms with Crippen molar-refractivity contribution >= 4 is 17.2 Å². The number of carbonyl (C=O) groups excluding carboxylic acids is 1. The zero-order valence-corrected chi connectivity index (χ0v) is 10.6. The molecule has 0 unspecified atom stereocenters. The van der Waals surface area contributed by atoms with Crippen LogP contribution in [0.2, 0.25) is 0 Å². The molecule has 1 N–H and O–H groups in total. The highest BCUT2D eigenvalue weighted by Crippen LogP contribution is 2.25. The number of benzene rings is 1. The number of amides is 1. The van der Waals surface area contributed by atoms with Gasteiger partial charge in [-0.1, -0.05) is 30.3 Å². The molecule has 17 heavy (non-hydrogen) atoms. The Hall–Kier alpha value is -1.68. The minimum atomic E-state index is -0.104. The predicted octanol–water partition coefficient (Wildman–Crippen LogP) is 2.95. The molecule has 1 aromatic heterocycles. The Morgan fingerprint density at radius 2 is 2.00 bits per heavy atom. The van der Waals surface area contributed by atoms with Crippen LogP contribution in [0.4, 0.5) is 0 Å². The van der Waals surface area contributed by atoms with Gasteiger partial charge in [-0.3, -0.25) is 4.79 Å². The maximum Gasteiger partial charge on any atom is 0.280 e. The molecule has 0 saturated carbocycles. The van der Waals surface area contributed by atoms with Crippen LogP contribution in [-0.2, 0) is 0 Å². The monoisotopic (exact) mass is 246 g/mol. The smallest absolute Gasteiger partial charge is 0.280 e. The van der Waals surface area contributed by atoms with E-state index in [9.17, 15) is 4.79 Å². The van der Waals surface area contributed by atoms with E-state index in [4.69, 9.17) is 0 Å². The van der Waals surface area contributed by atoms with Crippen LogP contribution in [0.1, 0.15) is 23.6 Å². The lowest BCUT2D eigenvalue weighted by atomic mass is 10.2. The Morgan fingerprint density at radius 1 is 1.29 bits per heavy atom. The SMILES string of the molecule is CC(C)NC(=O)c1ncc(-c2ccccc2)s1. The average Bonchev–Trinajstić information content (AvgIpc) is 2.78. The molecule has 0 saturated heterocycles. The summed E-state index contributed by atoms with van der Waals surface area (Å²) in [6.45, 7) is 3.87. The van der Waals surface area contributed by atoms with Crippen LogP contribution < -0.4 is 5.32 Å². The fourth-order valence-corrected chi connectivity index (χ4v) is 2.26. The van der Waals surface area contributed by atoms with Gasteiger partial charge in [-0.15, -0.1) is 11.3 Å². The van der Waals surface area contributed by atoms with Gasteiger partial charge in [0, 0.05) is 12.2 Å². The van der Waals surface area contributed by atoms with Crippen LogP contribution in [0.25, 0.3) is 10.4 Å². The second-order valence-electron chi connectivity index (χ2n) is 4.02. The van der Waals surface area contributed by atoms with Gasteiger partial charge in [0.15, 0.2) is 5.01 Å². The lowest BCUT2D eigenvalue weighted by Crippen LogP contribution is -2.29. The number of hydrogen-bond donors (Lipinski definition) is 1. The Labute approximate surface area is 105 Å². The fourth-order valence-electron chi connectivity index (χ4n) is 1.44. The van der Waals surface area contributed by atoms with E-state index < -0.39 is 0 Å². The van der Waals surface area contributed by atoms with Gasteiger partial charge in [-0.05, 0) is 19.4 Å². The van der Waals surface area contributed by atoms with Crippen molar-refractivity contribution in [3.63, 3.8) is 0 Å². The van der Waals surface area contributed by atoms with Crippen LogP contribution >= 0.6 is 11.3 Å². The molecule has 0 atom stereocenters. The highest BCUT2D eigenvalue weighted by atomic mass is 32.1. The fraction of sp³-hybridized carbons (Fsp3) is 0.231. The highest BCUT2D eigenvalue weighted by Gasteiger charge is 2.12. The minimum absolute atomic E-state index is 0.104. The Kier molecular flexibility index (Phi) is 3.54. The summed E-state index contributed by atoms with van der Waals surface area (Å²) in [6, 6.07) is 10.1. The first-order chi connectivity index (χ1) is 8.16. The Balaban J connectivity index is 2.19. The summed E-state index contributed by atoms with van der Waals surface area (Å²) in [5.74, 6) is -0.104. The van der Waals surface area contributed by atoms with Crippen molar-refractivity contribution in [3.05, 3.63) is 41.5 Å². The summed E-state index contributed by atoms with van der Waals surface area (Å²) in [6.07, 6.45) is 1.75. The number of carbonyl (C=O) groups is 1. The molecule has 0 spiro atoms. The third-order valence-corrected chi connectivity index (χ3v) is 3.22. The molecule has 2 rings (SSSR count). The van der Waals surface area contributed by atoms with Crippen molar-refractivity contribution in [2.75, 3.05) is 0 Å².